The molecule has 0 amide bonds. The SMILES string of the molecule is Fc1ccc2oc(NC[C@@H]3CCc4nccn4C3)nc2c1. The molecule has 0 bridgehead atoms. The standard InChI is InChI=1S/C15H15FN4O/c16-11-2-3-13-12(7-11)19-15(21-13)18-8-10-1-4-14-17-5-6-20(14)9-10/h2-3,5-7,10H,1,4,8-9H2,(H,18,19)/t10-/m0/s1. The number of anilines is 1. The number of benzene rings is 1. The van der Waals surface area contributed by atoms with Crippen LogP contribution in [0.3, 0.4) is 0 Å². The molecule has 3 heterocycles. The van der Waals surface area contributed by atoms with E-state index >= 15 is 0 Å². The Hall–Kier alpha value is -2.37. The number of nitrogens with zero attached hydrogens (tertiary/aromatic N) is 3. The van der Waals surface area contributed by atoms with Gasteiger partial charge in [0.2, 0.25) is 0 Å². The van der Waals surface area contributed by atoms with Gasteiger partial charge in [0, 0.05) is 38.0 Å². The molecule has 0 aliphatic carbocycles. The second-order valence-electron chi connectivity index (χ2n) is 5.41. The van der Waals surface area contributed by atoms with Crippen LogP contribution in [0.2, 0.25) is 0 Å². The summed E-state index contributed by atoms with van der Waals surface area (Å²) in [5.41, 5.74) is 1.14. The molecule has 0 unspecified atom stereocenters. The first-order valence-corrected chi connectivity index (χ1v) is 7.08. The predicted molar refractivity (Wildman–Crippen MR) is 76.5 cm³/mol. The molecule has 6 heteroatoms. The van der Waals surface area contributed by atoms with Crippen LogP contribution in [0.25, 0.3) is 11.1 Å². The van der Waals surface area contributed by atoms with Gasteiger partial charge in [0.15, 0.2) is 5.58 Å². The summed E-state index contributed by atoms with van der Waals surface area (Å²) in [7, 11) is 0. The average Bonchev–Trinajstić information content (AvgIpc) is 3.09. The lowest BCUT2D eigenvalue weighted by atomic mass is 9.99. The Morgan fingerprint density at radius 1 is 1.43 bits per heavy atom. The second kappa shape index (κ2) is 4.87. The fraction of sp³-hybridized carbons (Fsp3) is 0.333. The van der Waals surface area contributed by atoms with Gasteiger partial charge in [-0.3, -0.25) is 0 Å². The number of rotatable bonds is 3. The van der Waals surface area contributed by atoms with Gasteiger partial charge in [0.05, 0.1) is 0 Å². The molecule has 108 valence electrons. The number of halogens is 1. The molecular formula is C15H15FN4O. The highest BCUT2D eigenvalue weighted by molar-refractivity contribution is 5.74. The average molecular weight is 286 g/mol. The van der Waals surface area contributed by atoms with E-state index in [1.807, 2.05) is 12.4 Å². The number of oxazole rings is 1. The highest BCUT2D eigenvalue weighted by Crippen LogP contribution is 2.22. The molecule has 1 N–H and O–H groups in total. The number of fused-ring (bicyclic) bond motifs is 2. The Kier molecular flexibility index (Phi) is 2.87. The van der Waals surface area contributed by atoms with E-state index in [9.17, 15) is 4.39 Å². The molecule has 1 aromatic carbocycles. The highest BCUT2D eigenvalue weighted by atomic mass is 19.1. The Labute approximate surface area is 120 Å². The van der Waals surface area contributed by atoms with E-state index in [4.69, 9.17) is 4.42 Å². The van der Waals surface area contributed by atoms with Crippen LogP contribution < -0.4 is 5.32 Å². The molecule has 1 atom stereocenters. The molecule has 0 radical (unpaired) electrons. The number of imidazole rings is 1. The van der Waals surface area contributed by atoms with Gasteiger partial charge in [-0.05, 0) is 24.5 Å². The summed E-state index contributed by atoms with van der Waals surface area (Å²) in [6.45, 7) is 1.74. The molecular weight excluding hydrogens is 271 g/mol. The Bertz CT molecular complexity index is 779. The van der Waals surface area contributed by atoms with Gasteiger partial charge in [-0.1, -0.05) is 0 Å². The molecule has 0 fully saturated rings. The minimum Gasteiger partial charge on any atom is -0.424 e. The fourth-order valence-electron chi connectivity index (χ4n) is 2.81. The maximum Gasteiger partial charge on any atom is 0.295 e. The topological polar surface area (TPSA) is 55.9 Å². The van der Waals surface area contributed by atoms with Crippen molar-refractivity contribution in [1.29, 1.82) is 0 Å². The van der Waals surface area contributed by atoms with E-state index in [0.29, 0.717) is 23.0 Å². The van der Waals surface area contributed by atoms with Crippen LogP contribution in [0.4, 0.5) is 10.4 Å². The first-order chi connectivity index (χ1) is 10.3. The van der Waals surface area contributed by atoms with Gasteiger partial charge in [0.25, 0.3) is 6.01 Å². The maximum absolute atomic E-state index is 13.1. The van der Waals surface area contributed by atoms with Crippen molar-refractivity contribution in [3.63, 3.8) is 0 Å². The Morgan fingerprint density at radius 2 is 2.38 bits per heavy atom. The van der Waals surface area contributed by atoms with Crippen molar-refractivity contribution in [2.45, 2.75) is 19.4 Å². The summed E-state index contributed by atoms with van der Waals surface area (Å²) in [6.07, 6.45) is 5.96. The summed E-state index contributed by atoms with van der Waals surface area (Å²) in [5, 5.41) is 3.21. The van der Waals surface area contributed by atoms with Crippen LogP contribution in [-0.4, -0.2) is 21.1 Å². The second-order valence-corrected chi connectivity index (χ2v) is 5.41. The third-order valence-electron chi connectivity index (χ3n) is 3.92. The van der Waals surface area contributed by atoms with Crippen molar-refractivity contribution in [2.24, 2.45) is 5.92 Å². The number of nitrogens with one attached hydrogen (secondary N) is 1. The van der Waals surface area contributed by atoms with Gasteiger partial charge in [-0.15, -0.1) is 0 Å². The van der Waals surface area contributed by atoms with Gasteiger partial charge < -0.3 is 14.3 Å². The smallest absolute Gasteiger partial charge is 0.295 e. The van der Waals surface area contributed by atoms with Crippen molar-refractivity contribution >= 4 is 17.1 Å². The van der Waals surface area contributed by atoms with Gasteiger partial charge >= 0.3 is 0 Å². The van der Waals surface area contributed by atoms with Crippen molar-refractivity contribution in [2.75, 3.05) is 11.9 Å². The zero-order valence-electron chi connectivity index (χ0n) is 11.4. The van der Waals surface area contributed by atoms with E-state index in [-0.39, 0.29) is 5.82 Å². The molecule has 21 heavy (non-hydrogen) atoms. The molecule has 1 aliphatic heterocycles. The molecule has 4 rings (SSSR count). The monoisotopic (exact) mass is 286 g/mol. The Morgan fingerprint density at radius 3 is 3.33 bits per heavy atom. The number of hydrogen-bond donors (Lipinski definition) is 1. The minimum absolute atomic E-state index is 0.303. The number of aryl methyl sites for hydroxylation is 1. The molecule has 5 nitrogen and oxygen atoms in total. The number of hydrogen-bond acceptors (Lipinski definition) is 4. The summed E-state index contributed by atoms with van der Waals surface area (Å²) in [6, 6.07) is 4.80. The van der Waals surface area contributed by atoms with Crippen molar-refractivity contribution < 1.29 is 8.81 Å². The lowest BCUT2D eigenvalue weighted by Gasteiger charge is -2.23. The van der Waals surface area contributed by atoms with Crippen LogP contribution in [0.15, 0.2) is 35.0 Å². The van der Waals surface area contributed by atoms with E-state index in [1.54, 1.807) is 6.07 Å². The van der Waals surface area contributed by atoms with Gasteiger partial charge in [-0.2, -0.15) is 4.98 Å². The van der Waals surface area contributed by atoms with Crippen LogP contribution >= 0.6 is 0 Å². The zero-order valence-corrected chi connectivity index (χ0v) is 11.4. The van der Waals surface area contributed by atoms with Crippen molar-refractivity contribution in [1.82, 2.24) is 14.5 Å². The summed E-state index contributed by atoms with van der Waals surface area (Å²) in [5.74, 6) is 1.37. The van der Waals surface area contributed by atoms with Crippen molar-refractivity contribution in [3.05, 3.63) is 42.2 Å². The van der Waals surface area contributed by atoms with E-state index in [1.165, 1.54) is 12.1 Å². The van der Waals surface area contributed by atoms with Gasteiger partial charge in [0.1, 0.15) is 17.2 Å². The molecule has 0 saturated carbocycles. The van der Waals surface area contributed by atoms with Crippen LogP contribution in [0.5, 0.6) is 0 Å². The molecule has 3 aromatic rings. The molecule has 0 spiro atoms. The summed E-state index contributed by atoms with van der Waals surface area (Å²) >= 11 is 0. The first kappa shape index (κ1) is 12.4. The van der Waals surface area contributed by atoms with Crippen LogP contribution in [0, 0.1) is 11.7 Å². The van der Waals surface area contributed by atoms with E-state index in [2.05, 4.69) is 19.9 Å². The lowest BCUT2D eigenvalue weighted by Crippen LogP contribution is -2.25. The highest BCUT2D eigenvalue weighted by Gasteiger charge is 2.19. The van der Waals surface area contributed by atoms with Crippen molar-refractivity contribution in [3.8, 4) is 0 Å². The van der Waals surface area contributed by atoms with E-state index < -0.39 is 0 Å². The fourth-order valence-corrected chi connectivity index (χ4v) is 2.81. The third kappa shape index (κ3) is 2.37. The first-order valence-electron chi connectivity index (χ1n) is 7.08. The normalized spacial score (nSPS) is 17.9. The largest absolute Gasteiger partial charge is 0.424 e. The van der Waals surface area contributed by atoms with Gasteiger partial charge in [-0.25, -0.2) is 9.37 Å². The third-order valence-corrected chi connectivity index (χ3v) is 3.92. The molecule has 1 aliphatic rings. The van der Waals surface area contributed by atoms with E-state index in [0.717, 1.165) is 31.8 Å². The summed E-state index contributed by atoms with van der Waals surface area (Å²) in [4.78, 5) is 8.58. The molecule has 0 saturated heterocycles. The Balaban J connectivity index is 1.44. The number of aromatic nitrogens is 3. The van der Waals surface area contributed by atoms with Crippen LogP contribution in [-0.2, 0) is 13.0 Å². The minimum atomic E-state index is -0.303. The quantitative estimate of drug-likeness (QED) is 0.804. The van der Waals surface area contributed by atoms with Crippen LogP contribution in [0.1, 0.15) is 12.2 Å². The maximum atomic E-state index is 13.1. The summed E-state index contributed by atoms with van der Waals surface area (Å²) < 4.78 is 20.9. The lowest BCUT2D eigenvalue weighted by molar-refractivity contribution is 0.378. The molecule has 2 aromatic heterocycles. The predicted octanol–water partition coefficient (Wildman–Crippen LogP) is 2.84. The zero-order chi connectivity index (χ0) is 14.2.